The first-order valence-corrected chi connectivity index (χ1v) is 11.1. The van der Waals surface area contributed by atoms with Crippen LogP contribution in [0.15, 0.2) is 75.3 Å². The van der Waals surface area contributed by atoms with E-state index in [9.17, 15) is 9.59 Å². The number of halogens is 2. The molecule has 1 saturated heterocycles. The molecule has 2 aromatic carbocycles. The van der Waals surface area contributed by atoms with Crippen LogP contribution >= 0.6 is 35.0 Å². The van der Waals surface area contributed by atoms with Crippen molar-refractivity contribution in [1.29, 1.82) is 0 Å². The molecule has 0 bridgehead atoms. The minimum atomic E-state index is -0.587. The van der Waals surface area contributed by atoms with Gasteiger partial charge in [-0.15, -0.1) is 5.10 Å². The number of benzene rings is 2. The maximum Gasteiger partial charge on any atom is 0.240 e. The second-order valence-corrected chi connectivity index (χ2v) is 8.78. The average Bonchev–Trinajstić information content (AvgIpc) is 3.37. The lowest BCUT2D eigenvalue weighted by Gasteiger charge is -2.07. The van der Waals surface area contributed by atoms with E-state index in [4.69, 9.17) is 27.6 Å². The maximum atomic E-state index is 12.2. The summed E-state index contributed by atoms with van der Waals surface area (Å²) in [5.41, 5.74) is 1.50. The summed E-state index contributed by atoms with van der Waals surface area (Å²) in [5, 5.41) is 14.3. The van der Waals surface area contributed by atoms with Gasteiger partial charge in [0.05, 0.1) is 6.21 Å². The number of amides is 2. The van der Waals surface area contributed by atoms with Crippen LogP contribution in [0.25, 0.3) is 11.3 Å². The van der Waals surface area contributed by atoms with Gasteiger partial charge in [0, 0.05) is 27.7 Å². The van der Waals surface area contributed by atoms with Gasteiger partial charge in [0.25, 0.3) is 0 Å². The molecule has 3 aromatic rings. The molecule has 0 spiro atoms. The van der Waals surface area contributed by atoms with E-state index < -0.39 is 5.25 Å². The number of carbonyl (C=O) groups is 2. The van der Waals surface area contributed by atoms with Crippen molar-refractivity contribution in [1.82, 2.24) is 5.32 Å². The van der Waals surface area contributed by atoms with Crippen LogP contribution in [0.4, 0.5) is 5.69 Å². The van der Waals surface area contributed by atoms with Gasteiger partial charge >= 0.3 is 0 Å². The van der Waals surface area contributed by atoms with E-state index in [-0.39, 0.29) is 18.2 Å². The van der Waals surface area contributed by atoms with Crippen molar-refractivity contribution >= 4 is 63.8 Å². The Labute approximate surface area is 197 Å². The zero-order chi connectivity index (χ0) is 22.5. The molecule has 0 aliphatic carbocycles. The Kier molecular flexibility index (Phi) is 6.94. The molecule has 1 atom stereocenters. The highest BCUT2D eigenvalue weighted by Gasteiger charge is 2.32. The number of hydrogen-bond donors (Lipinski definition) is 2. The van der Waals surface area contributed by atoms with Gasteiger partial charge in [-0.05, 0) is 60.7 Å². The van der Waals surface area contributed by atoms with Crippen LogP contribution in [0.3, 0.4) is 0 Å². The highest BCUT2D eigenvalue weighted by Crippen LogP contribution is 2.25. The molecule has 162 valence electrons. The number of rotatable bonds is 6. The summed E-state index contributed by atoms with van der Waals surface area (Å²) in [4.78, 5) is 24.4. The van der Waals surface area contributed by atoms with Crippen molar-refractivity contribution in [2.45, 2.75) is 11.7 Å². The molecular formula is C22H16Cl2N4O3S. The number of anilines is 1. The Hall–Kier alpha value is -3.07. The van der Waals surface area contributed by atoms with Gasteiger partial charge in [-0.3, -0.25) is 9.59 Å². The molecule has 0 unspecified atom stereocenters. The van der Waals surface area contributed by atoms with E-state index in [1.165, 1.54) is 6.21 Å². The predicted octanol–water partition coefficient (Wildman–Crippen LogP) is 5.20. The molecule has 4 rings (SSSR count). The highest BCUT2D eigenvalue weighted by molar-refractivity contribution is 8.15. The summed E-state index contributed by atoms with van der Waals surface area (Å²) in [6.07, 6.45) is 1.45. The number of carbonyl (C=O) groups excluding carboxylic acids is 2. The molecule has 10 heteroatoms. The third-order valence-corrected chi connectivity index (χ3v) is 5.94. The summed E-state index contributed by atoms with van der Waals surface area (Å²) in [7, 11) is 0. The Morgan fingerprint density at radius 1 is 1.06 bits per heavy atom. The standard InChI is InChI=1S/C22H16Cl2N4O3S/c23-14-3-1-13(2-4-14)18-10-9-17(31-18)12-25-28-22-27-21(30)19(32-22)11-20(29)26-16-7-5-15(24)6-8-16/h1-10,12,19H,11H2,(H,26,29)(H,27,28,30)/b25-12-/t19-/m0/s1. The van der Waals surface area contributed by atoms with Crippen molar-refractivity contribution in [3.05, 3.63) is 76.5 Å². The molecule has 7 nitrogen and oxygen atoms in total. The fourth-order valence-electron chi connectivity index (χ4n) is 2.83. The lowest BCUT2D eigenvalue weighted by atomic mass is 10.2. The van der Waals surface area contributed by atoms with Gasteiger partial charge < -0.3 is 15.1 Å². The van der Waals surface area contributed by atoms with Crippen LogP contribution in [-0.2, 0) is 9.59 Å². The Morgan fingerprint density at radius 3 is 2.47 bits per heavy atom. The van der Waals surface area contributed by atoms with Crippen LogP contribution < -0.4 is 10.6 Å². The first-order valence-electron chi connectivity index (χ1n) is 9.46. The van der Waals surface area contributed by atoms with Crippen molar-refractivity contribution in [2.75, 3.05) is 5.32 Å². The SMILES string of the molecule is O=C(C[C@@H]1S/C(=N\N=C/c2ccc(-c3ccc(Cl)cc3)o2)NC1=O)Nc1ccc(Cl)cc1. The normalized spacial score (nSPS) is 17.1. The maximum absolute atomic E-state index is 12.2. The van der Waals surface area contributed by atoms with Crippen LogP contribution in [0.1, 0.15) is 12.2 Å². The van der Waals surface area contributed by atoms with Gasteiger partial charge in [0.15, 0.2) is 5.17 Å². The zero-order valence-electron chi connectivity index (χ0n) is 16.4. The number of nitrogens with zero attached hydrogens (tertiary/aromatic N) is 2. The molecule has 1 fully saturated rings. The topological polar surface area (TPSA) is 96.1 Å². The number of hydrogen-bond acceptors (Lipinski definition) is 6. The van der Waals surface area contributed by atoms with E-state index in [0.717, 1.165) is 17.3 Å². The summed E-state index contributed by atoms with van der Waals surface area (Å²) in [6, 6.07) is 17.6. The second-order valence-electron chi connectivity index (χ2n) is 6.71. The van der Waals surface area contributed by atoms with Gasteiger partial charge in [-0.1, -0.05) is 35.0 Å². The van der Waals surface area contributed by atoms with Gasteiger partial charge in [-0.2, -0.15) is 5.10 Å². The van der Waals surface area contributed by atoms with E-state index in [1.54, 1.807) is 42.5 Å². The molecule has 32 heavy (non-hydrogen) atoms. The third-order valence-electron chi connectivity index (χ3n) is 4.36. The highest BCUT2D eigenvalue weighted by atomic mass is 35.5. The van der Waals surface area contributed by atoms with Gasteiger partial charge in [0.2, 0.25) is 11.8 Å². The first-order chi connectivity index (χ1) is 15.5. The molecule has 1 aliphatic rings. The lowest BCUT2D eigenvalue weighted by Crippen LogP contribution is -2.28. The minimum absolute atomic E-state index is 0.00446. The van der Waals surface area contributed by atoms with Crippen molar-refractivity contribution in [2.24, 2.45) is 10.2 Å². The average molecular weight is 487 g/mol. The molecule has 0 saturated carbocycles. The summed E-state index contributed by atoms with van der Waals surface area (Å²) in [5.74, 6) is 0.604. The molecule has 1 aromatic heterocycles. The minimum Gasteiger partial charge on any atom is -0.455 e. The lowest BCUT2D eigenvalue weighted by molar-refractivity contribution is -0.122. The van der Waals surface area contributed by atoms with E-state index in [2.05, 4.69) is 20.8 Å². The molecule has 2 N–H and O–H groups in total. The smallest absolute Gasteiger partial charge is 0.240 e. The van der Waals surface area contributed by atoms with Gasteiger partial charge in [0.1, 0.15) is 16.8 Å². The number of nitrogens with one attached hydrogen (secondary N) is 2. The first kappa shape index (κ1) is 22.1. The second kappa shape index (κ2) is 10.0. The van der Waals surface area contributed by atoms with Crippen LogP contribution in [0, 0.1) is 0 Å². The predicted molar refractivity (Wildman–Crippen MR) is 128 cm³/mol. The fraction of sp³-hybridized carbons (Fsp3) is 0.0909. The Bertz CT molecular complexity index is 1190. The molecule has 1 aliphatic heterocycles. The number of amidine groups is 1. The quantitative estimate of drug-likeness (QED) is 0.369. The summed E-state index contributed by atoms with van der Waals surface area (Å²) in [6.45, 7) is 0. The van der Waals surface area contributed by atoms with E-state index in [1.807, 2.05) is 18.2 Å². The Balaban J connectivity index is 1.32. The molecule has 2 heterocycles. The van der Waals surface area contributed by atoms with Crippen molar-refractivity contribution in [3.8, 4) is 11.3 Å². The largest absolute Gasteiger partial charge is 0.455 e. The third kappa shape index (κ3) is 5.79. The fourth-order valence-corrected chi connectivity index (χ4v) is 4.01. The van der Waals surface area contributed by atoms with Crippen molar-refractivity contribution in [3.63, 3.8) is 0 Å². The van der Waals surface area contributed by atoms with Crippen LogP contribution in [-0.4, -0.2) is 28.4 Å². The van der Waals surface area contributed by atoms with Crippen LogP contribution in [0.2, 0.25) is 10.0 Å². The van der Waals surface area contributed by atoms with E-state index >= 15 is 0 Å². The monoisotopic (exact) mass is 486 g/mol. The Morgan fingerprint density at radius 2 is 1.75 bits per heavy atom. The molecular weight excluding hydrogens is 471 g/mol. The zero-order valence-corrected chi connectivity index (χ0v) is 18.7. The van der Waals surface area contributed by atoms with Crippen LogP contribution in [0.5, 0.6) is 0 Å². The molecule has 2 amide bonds. The number of thioether (sulfide) groups is 1. The summed E-state index contributed by atoms with van der Waals surface area (Å²) >= 11 is 12.9. The number of furan rings is 1. The molecule has 0 radical (unpaired) electrons. The van der Waals surface area contributed by atoms with E-state index in [0.29, 0.717) is 32.4 Å². The van der Waals surface area contributed by atoms with Crippen molar-refractivity contribution < 1.29 is 14.0 Å². The van der Waals surface area contributed by atoms with Gasteiger partial charge in [-0.25, -0.2) is 0 Å². The summed E-state index contributed by atoms with van der Waals surface area (Å²) < 4.78 is 5.72.